The van der Waals surface area contributed by atoms with Crippen molar-refractivity contribution in [2.24, 2.45) is 4.99 Å². The zero-order valence-electron chi connectivity index (χ0n) is 19.3. The Kier molecular flexibility index (Phi) is 11.2. The number of amides is 1. The SMILES string of the molecule is CCNC(=NCc1cccc(NC(=O)C2CCCO2)c1)Nc1ccc(OC)c(OCC)c1.I. The normalized spacial score (nSPS) is 15.4. The molecule has 0 bridgehead atoms. The van der Waals surface area contributed by atoms with E-state index in [-0.39, 0.29) is 36.0 Å². The molecule has 2 aromatic rings. The number of carbonyl (C=O) groups excluding carboxylic acids is 1. The van der Waals surface area contributed by atoms with Crippen molar-refractivity contribution in [1.29, 1.82) is 0 Å². The number of hydrogen-bond donors (Lipinski definition) is 3. The van der Waals surface area contributed by atoms with E-state index in [0.717, 1.165) is 36.3 Å². The number of nitrogens with one attached hydrogen (secondary N) is 3. The first-order valence-corrected chi connectivity index (χ1v) is 11.0. The molecule has 3 rings (SSSR count). The molecule has 0 aromatic heterocycles. The minimum absolute atomic E-state index is 0. The minimum atomic E-state index is -0.354. The topological polar surface area (TPSA) is 93.2 Å². The summed E-state index contributed by atoms with van der Waals surface area (Å²) in [5, 5.41) is 9.48. The summed E-state index contributed by atoms with van der Waals surface area (Å²) in [6.07, 6.45) is 1.34. The van der Waals surface area contributed by atoms with Crippen LogP contribution >= 0.6 is 24.0 Å². The van der Waals surface area contributed by atoms with E-state index in [1.54, 1.807) is 7.11 Å². The molecule has 0 radical (unpaired) electrons. The van der Waals surface area contributed by atoms with Crippen LogP contribution in [-0.4, -0.2) is 44.8 Å². The number of benzene rings is 2. The molecule has 1 unspecified atom stereocenters. The van der Waals surface area contributed by atoms with Gasteiger partial charge in [0.15, 0.2) is 17.5 Å². The van der Waals surface area contributed by atoms with Gasteiger partial charge in [-0.05, 0) is 56.5 Å². The molecule has 1 fully saturated rings. The van der Waals surface area contributed by atoms with Gasteiger partial charge in [-0.3, -0.25) is 4.79 Å². The molecule has 1 aliphatic rings. The van der Waals surface area contributed by atoms with Gasteiger partial charge in [-0.15, -0.1) is 24.0 Å². The highest BCUT2D eigenvalue weighted by Gasteiger charge is 2.23. The molecular formula is C24H33IN4O4. The van der Waals surface area contributed by atoms with Crippen molar-refractivity contribution in [3.8, 4) is 11.5 Å². The summed E-state index contributed by atoms with van der Waals surface area (Å²) in [4.78, 5) is 17.0. The van der Waals surface area contributed by atoms with E-state index in [0.29, 0.717) is 37.2 Å². The first-order chi connectivity index (χ1) is 15.6. The van der Waals surface area contributed by atoms with Crippen LogP contribution in [0.5, 0.6) is 11.5 Å². The van der Waals surface area contributed by atoms with Crippen LogP contribution in [0.25, 0.3) is 0 Å². The van der Waals surface area contributed by atoms with E-state index < -0.39 is 0 Å². The van der Waals surface area contributed by atoms with Crippen molar-refractivity contribution in [2.45, 2.75) is 39.3 Å². The van der Waals surface area contributed by atoms with Gasteiger partial charge in [0, 0.05) is 30.6 Å². The Balaban J connectivity index is 0.00000385. The van der Waals surface area contributed by atoms with Crippen molar-refractivity contribution in [3.05, 3.63) is 48.0 Å². The lowest BCUT2D eigenvalue weighted by Crippen LogP contribution is -2.30. The second kappa shape index (κ2) is 13.9. The van der Waals surface area contributed by atoms with Crippen LogP contribution < -0.4 is 25.4 Å². The smallest absolute Gasteiger partial charge is 0.253 e. The molecule has 1 heterocycles. The van der Waals surface area contributed by atoms with Gasteiger partial charge in [-0.2, -0.15) is 0 Å². The number of hydrogen-bond acceptors (Lipinski definition) is 5. The Morgan fingerprint density at radius 1 is 1.12 bits per heavy atom. The van der Waals surface area contributed by atoms with Gasteiger partial charge in [0.2, 0.25) is 0 Å². The first kappa shape index (κ1) is 26.7. The Bertz CT molecular complexity index is 932. The minimum Gasteiger partial charge on any atom is -0.493 e. The molecule has 2 aromatic carbocycles. The third-order valence-electron chi connectivity index (χ3n) is 4.91. The number of ether oxygens (including phenoxy) is 3. The molecule has 180 valence electrons. The second-order valence-corrected chi connectivity index (χ2v) is 7.31. The zero-order valence-corrected chi connectivity index (χ0v) is 21.7. The van der Waals surface area contributed by atoms with Gasteiger partial charge in [0.25, 0.3) is 5.91 Å². The lowest BCUT2D eigenvalue weighted by atomic mass is 10.2. The molecule has 8 nitrogen and oxygen atoms in total. The number of rotatable bonds is 9. The van der Waals surface area contributed by atoms with Crippen molar-refractivity contribution in [1.82, 2.24) is 5.32 Å². The van der Waals surface area contributed by atoms with Crippen LogP contribution in [0.15, 0.2) is 47.5 Å². The molecular weight excluding hydrogens is 535 g/mol. The third kappa shape index (κ3) is 8.08. The van der Waals surface area contributed by atoms with Crippen LogP contribution in [0, 0.1) is 0 Å². The zero-order chi connectivity index (χ0) is 22.8. The van der Waals surface area contributed by atoms with Gasteiger partial charge in [-0.25, -0.2) is 4.99 Å². The highest BCUT2D eigenvalue weighted by molar-refractivity contribution is 14.0. The van der Waals surface area contributed by atoms with Crippen LogP contribution in [0.2, 0.25) is 0 Å². The monoisotopic (exact) mass is 568 g/mol. The number of aliphatic imine (C=N–C) groups is 1. The van der Waals surface area contributed by atoms with E-state index in [1.807, 2.05) is 56.3 Å². The Labute approximate surface area is 212 Å². The lowest BCUT2D eigenvalue weighted by Gasteiger charge is -2.15. The maximum atomic E-state index is 12.3. The summed E-state index contributed by atoms with van der Waals surface area (Å²) < 4.78 is 16.4. The third-order valence-corrected chi connectivity index (χ3v) is 4.91. The Hall–Kier alpha value is -2.53. The molecule has 0 aliphatic carbocycles. The van der Waals surface area contributed by atoms with E-state index in [2.05, 4.69) is 20.9 Å². The number of anilines is 2. The summed E-state index contributed by atoms with van der Waals surface area (Å²) in [6, 6.07) is 13.4. The fraction of sp³-hybridized carbons (Fsp3) is 0.417. The maximum absolute atomic E-state index is 12.3. The standard InChI is InChI=1S/C24H32N4O4.HI/c1-4-25-24(28-19-11-12-20(30-3)22(15-19)31-5-2)26-16-17-8-6-9-18(14-17)27-23(29)21-10-7-13-32-21;/h6,8-9,11-12,14-15,21H,4-5,7,10,13,16H2,1-3H3,(H,27,29)(H2,25,26,28);1H. The molecule has 3 N–H and O–H groups in total. The van der Waals surface area contributed by atoms with Crippen LogP contribution in [0.3, 0.4) is 0 Å². The number of halogens is 1. The van der Waals surface area contributed by atoms with Gasteiger partial charge in [-0.1, -0.05) is 12.1 Å². The molecule has 9 heteroatoms. The molecule has 0 spiro atoms. The number of methoxy groups -OCH3 is 1. The highest BCUT2D eigenvalue weighted by Crippen LogP contribution is 2.30. The second-order valence-electron chi connectivity index (χ2n) is 7.31. The van der Waals surface area contributed by atoms with E-state index >= 15 is 0 Å². The molecule has 1 amide bonds. The number of nitrogens with zero attached hydrogens (tertiary/aromatic N) is 1. The molecule has 0 saturated carbocycles. The maximum Gasteiger partial charge on any atom is 0.253 e. The van der Waals surface area contributed by atoms with Crippen LogP contribution in [0.4, 0.5) is 11.4 Å². The molecule has 1 atom stereocenters. The van der Waals surface area contributed by atoms with Gasteiger partial charge < -0.3 is 30.2 Å². The quantitative estimate of drug-likeness (QED) is 0.236. The lowest BCUT2D eigenvalue weighted by molar-refractivity contribution is -0.124. The van der Waals surface area contributed by atoms with Gasteiger partial charge >= 0.3 is 0 Å². The van der Waals surface area contributed by atoms with Crippen molar-refractivity contribution in [2.75, 3.05) is 37.5 Å². The van der Waals surface area contributed by atoms with Crippen molar-refractivity contribution in [3.63, 3.8) is 0 Å². The average Bonchev–Trinajstić information content (AvgIpc) is 3.34. The molecule has 1 saturated heterocycles. The van der Waals surface area contributed by atoms with E-state index in [1.165, 1.54) is 0 Å². The Morgan fingerprint density at radius 3 is 2.64 bits per heavy atom. The van der Waals surface area contributed by atoms with Gasteiger partial charge in [0.1, 0.15) is 6.10 Å². The number of carbonyl (C=O) groups is 1. The highest BCUT2D eigenvalue weighted by atomic mass is 127. The number of guanidine groups is 1. The van der Waals surface area contributed by atoms with Gasteiger partial charge in [0.05, 0.1) is 20.3 Å². The first-order valence-electron chi connectivity index (χ1n) is 11.0. The summed E-state index contributed by atoms with van der Waals surface area (Å²) in [5.74, 6) is 1.91. The van der Waals surface area contributed by atoms with E-state index in [9.17, 15) is 4.79 Å². The summed E-state index contributed by atoms with van der Waals surface area (Å²) in [5.41, 5.74) is 2.57. The predicted molar refractivity (Wildman–Crippen MR) is 142 cm³/mol. The van der Waals surface area contributed by atoms with E-state index in [4.69, 9.17) is 14.2 Å². The molecule has 33 heavy (non-hydrogen) atoms. The summed E-state index contributed by atoms with van der Waals surface area (Å²) >= 11 is 0. The summed E-state index contributed by atoms with van der Waals surface area (Å²) in [7, 11) is 1.62. The largest absolute Gasteiger partial charge is 0.493 e. The predicted octanol–water partition coefficient (Wildman–Crippen LogP) is 4.41. The van der Waals surface area contributed by atoms with Crippen molar-refractivity contribution < 1.29 is 19.0 Å². The fourth-order valence-electron chi connectivity index (χ4n) is 3.39. The average molecular weight is 568 g/mol. The van der Waals surface area contributed by atoms with Crippen molar-refractivity contribution >= 4 is 47.2 Å². The fourth-order valence-corrected chi connectivity index (χ4v) is 3.39. The van der Waals surface area contributed by atoms with Crippen LogP contribution in [0.1, 0.15) is 32.3 Å². The Morgan fingerprint density at radius 2 is 1.94 bits per heavy atom. The summed E-state index contributed by atoms with van der Waals surface area (Å²) in [6.45, 7) is 6.31. The van der Waals surface area contributed by atoms with Crippen LogP contribution in [-0.2, 0) is 16.1 Å². The molecule has 1 aliphatic heterocycles.